The molecule has 2 rings (SSSR count). The number of nitrogens with zero attached hydrogens (tertiary/aromatic N) is 2. The Kier molecular flexibility index (Phi) is 4.71. The molecule has 2 aromatic rings. The molecule has 0 saturated heterocycles. The van der Waals surface area contributed by atoms with Crippen LogP contribution in [0.25, 0.3) is 10.8 Å². The van der Waals surface area contributed by atoms with Gasteiger partial charge < -0.3 is 14.7 Å². The number of pyridine rings is 1. The first-order valence-corrected chi connectivity index (χ1v) is 6.47. The Morgan fingerprint density at radius 3 is 2.63 bits per heavy atom. The lowest BCUT2D eigenvalue weighted by atomic mass is 10.1. The van der Waals surface area contributed by atoms with Crippen LogP contribution in [0.2, 0.25) is 0 Å². The van der Waals surface area contributed by atoms with E-state index in [0.717, 1.165) is 29.3 Å². The molecule has 0 fully saturated rings. The third kappa shape index (κ3) is 3.43. The number of hydrogen-bond acceptors (Lipinski definition) is 4. The lowest BCUT2D eigenvalue weighted by Gasteiger charge is -2.12. The summed E-state index contributed by atoms with van der Waals surface area (Å²) in [5.41, 5.74) is 0.830. The summed E-state index contributed by atoms with van der Waals surface area (Å²) in [4.78, 5) is 6.43. The van der Waals surface area contributed by atoms with Crippen molar-refractivity contribution in [3.05, 3.63) is 36.0 Å². The molecule has 0 unspecified atom stereocenters. The fraction of sp³-hybridized carbons (Fsp3) is 0.400. The smallest absolute Gasteiger partial charge is 0.221 e. The molecule has 1 aromatic carbocycles. The highest BCUT2D eigenvalue weighted by atomic mass is 16.5. The molecular formula is C15H20N2O2. The fourth-order valence-corrected chi connectivity index (χ4v) is 2.02. The Bertz CT molecular complexity index is 541. The average molecular weight is 260 g/mol. The van der Waals surface area contributed by atoms with Crippen molar-refractivity contribution in [1.82, 2.24) is 9.88 Å². The van der Waals surface area contributed by atoms with Gasteiger partial charge in [-0.3, -0.25) is 0 Å². The molecule has 0 spiro atoms. The summed E-state index contributed by atoms with van der Waals surface area (Å²) in [6.07, 6.45) is 2.65. The van der Waals surface area contributed by atoms with Crippen molar-refractivity contribution in [3.8, 4) is 5.88 Å². The molecule has 0 radical (unpaired) electrons. The summed E-state index contributed by atoms with van der Waals surface area (Å²) in [5, 5.41) is 11.3. The number of fused-ring (bicyclic) bond motifs is 1. The molecule has 0 aliphatic heterocycles. The first kappa shape index (κ1) is 13.8. The second-order valence-electron chi connectivity index (χ2n) is 4.80. The van der Waals surface area contributed by atoms with Crippen LogP contribution in [0.15, 0.2) is 30.5 Å². The topological polar surface area (TPSA) is 45.6 Å². The van der Waals surface area contributed by atoms with E-state index >= 15 is 0 Å². The normalized spacial score (nSPS) is 11.2. The summed E-state index contributed by atoms with van der Waals surface area (Å²) in [7, 11) is 4.09. The van der Waals surface area contributed by atoms with Gasteiger partial charge in [-0.2, -0.15) is 0 Å². The van der Waals surface area contributed by atoms with Crippen molar-refractivity contribution in [2.45, 2.75) is 13.0 Å². The van der Waals surface area contributed by atoms with Crippen LogP contribution in [0.4, 0.5) is 0 Å². The van der Waals surface area contributed by atoms with Crippen LogP contribution >= 0.6 is 0 Å². The van der Waals surface area contributed by atoms with Gasteiger partial charge in [0, 0.05) is 23.7 Å². The van der Waals surface area contributed by atoms with Gasteiger partial charge in [-0.15, -0.1) is 0 Å². The molecule has 0 saturated carbocycles. The average Bonchev–Trinajstić information content (AvgIpc) is 2.43. The van der Waals surface area contributed by atoms with Crippen molar-refractivity contribution < 1.29 is 9.84 Å². The third-order valence-electron chi connectivity index (χ3n) is 3.00. The highest BCUT2D eigenvalue weighted by molar-refractivity contribution is 5.89. The van der Waals surface area contributed by atoms with E-state index < -0.39 is 0 Å². The van der Waals surface area contributed by atoms with Crippen molar-refractivity contribution in [2.24, 2.45) is 0 Å². The van der Waals surface area contributed by atoms with Crippen LogP contribution in [-0.4, -0.2) is 42.2 Å². The Hall–Kier alpha value is -1.65. The summed E-state index contributed by atoms with van der Waals surface area (Å²) in [6, 6.07) is 7.87. The minimum absolute atomic E-state index is 0.00553. The van der Waals surface area contributed by atoms with Gasteiger partial charge in [-0.25, -0.2) is 4.98 Å². The second-order valence-corrected chi connectivity index (χ2v) is 4.80. The summed E-state index contributed by atoms with van der Waals surface area (Å²) in [6.45, 7) is 1.63. The van der Waals surface area contributed by atoms with Crippen LogP contribution in [-0.2, 0) is 6.61 Å². The quantitative estimate of drug-likeness (QED) is 0.808. The van der Waals surface area contributed by atoms with Gasteiger partial charge >= 0.3 is 0 Å². The number of aromatic nitrogens is 1. The van der Waals surface area contributed by atoms with Gasteiger partial charge in [-0.1, -0.05) is 18.2 Å². The van der Waals surface area contributed by atoms with Crippen molar-refractivity contribution in [3.63, 3.8) is 0 Å². The van der Waals surface area contributed by atoms with E-state index in [2.05, 4.69) is 9.88 Å². The van der Waals surface area contributed by atoms with Crippen LogP contribution in [0.5, 0.6) is 5.88 Å². The van der Waals surface area contributed by atoms with E-state index in [0.29, 0.717) is 12.5 Å². The van der Waals surface area contributed by atoms with E-state index in [1.807, 2.05) is 38.4 Å². The maximum absolute atomic E-state index is 9.32. The Labute approximate surface area is 113 Å². The number of rotatable bonds is 6. The Morgan fingerprint density at radius 2 is 1.95 bits per heavy atom. The molecule has 0 atom stereocenters. The van der Waals surface area contributed by atoms with Gasteiger partial charge in [-0.05, 0) is 32.0 Å². The largest absolute Gasteiger partial charge is 0.477 e. The van der Waals surface area contributed by atoms with E-state index in [1.165, 1.54) is 0 Å². The highest BCUT2D eigenvalue weighted by Crippen LogP contribution is 2.26. The van der Waals surface area contributed by atoms with Crippen molar-refractivity contribution in [2.75, 3.05) is 27.2 Å². The molecule has 1 aromatic heterocycles. The fourth-order valence-electron chi connectivity index (χ4n) is 2.02. The Morgan fingerprint density at radius 1 is 1.21 bits per heavy atom. The maximum Gasteiger partial charge on any atom is 0.221 e. The van der Waals surface area contributed by atoms with Gasteiger partial charge in [0.25, 0.3) is 0 Å². The SMILES string of the molecule is CN(C)CCCOc1ncc(CO)c2ccccc12. The molecule has 19 heavy (non-hydrogen) atoms. The standard InChI is InChI=1S/C15H20N2O2/c1-17(2)8-5-9-19-15-14-7-4-3-6-13(14)12(11-18)10-16-15/h3-4,6-7,10,18H,5,8-9,11H2,1-2H3. The Balaban J connectivity index is 2.15. The van der Waals surface area contributed by atoms with Crippen molar-refractivity contribution >= 4 is 10.8 Å². The zero-order valence-corrected chi connectivity index (χ0v) is 11.5. The second kappa shape index (κ2) is 6.50. The molecule has 102 valence electrons. The predicted molar refractivity (Wildman–Crippen MR) is 76.3 cm³/mol. The molecular weight excluding hydrogens is 240 g/mol. The first-order chi connectivity index (χ1) is 9.22. The highest BCUT2D eigenvalue weighted by Gasteiger charge is 2.07. The zero-order chi connectivity index (χ0) is 13.7. The van der Waals surface area contributed by atoms with Crippen LogP contribution in [0.1, 0.15) is 12.0 Å². The number of hydrogen-bond donors (Lipinski definition) is 1. The van der Waals surface area contributed by atoms with Gasteiger partial charge in [0.2, 0.25) is 5.88 Å². The van der Waals surface area contributed by atoms with Crippen LogP contribution in [0, 0.1) is 0 Å². The summed E-state index contributed by atoms with van der Waals surface area (Å²) >= 11 is 0. The lowest BCUT2D eigenvalue weighted by Crippen LogP contribution is -2.15. The van der Waals surface area contributed by atoms with E-state index in [-0.39, 0.29) is 6.61 Å². The van der Waals surface area contributed by atoms with Gasteiger partial charge in [0.1, 0.15) is 0 Å². The predicted octanol–water partition coefficient (Wildman–Crippen LogP) is 2.06. The van der Waals surface area contributed by atoms with E-state index in [4.69, 9.17) is 4.74 Å². The minimum Gasteiger partial charge on any atom is -0.477 e. The molecule has 0 aliphatic rings. The van der Waals surface area contributed by atoms with E-state index in [9.17, 15) is 5.11 Å². The van der Waals surface area contributed by atoms with Crippen LogP contribution in [0.3, 0.4) is 0 Å². The minimum atomic E-state index is -0.00553. The maximum atomic E-state index is 9.32. The molecule has 1 heterocycles. The molecule has 0 bridgehead atoms. The van der Waals surface area contributed by atoms with Gasteiger partial charge in [0.15, 0.2) is 0 Å². The first-order valence-electron chi connectivity index (χ1n) is 6.47. The summed E-state index contributed by atoms with van der Waals surface area (Å²) < 4.78 is 5.75. The lowest BCUT2D eigenvalue weighted by molar-refractivity contribution is 0.273. The number of aliphatic hydroxyl groups is 1. The zero-order valence-electron chi connectivity index (χ0n) is 11.5. The number of benzene rings is 1. The van der Waals surface area contributed by atoms with Crippen LogP contribution < -0.4 is 4.74 Å². The van der Waals surface area contributed by atoms with Gasteiger partial charge in [0.05, 0.1) is 13.2 Å². The third-order valence-corrected chi connectivity index (χ3v) is 3.00. The number of aliphatic hydroxyl groups excluding tert-OH is 1. The molecule has 0 aliphatic carbocycles. The van der Waals surface area contributed by atoms with E-state index in [1.54, 1.807) is 6.20 Å². The molecule has 0 amide bonds. The molecule has 1 N–H and O–H groups in total. The molecule has 4 heteroatoms. The molecule has 4 nitrogen and oxygen atoms in total. The monoisotopic (exact) mass is 260 g/mol. The van der Waals surface area contributed by atoms with Crippen molar-refractivity contribution in [1.29, 1.82) is 0 Å². The number of ether oxygens (including phenoxy) is 1. The summed E-state index contributed by atoms with van der Waals surface area (Å²) in [5.74, 6) is 0.645.